The minimum Gasteiger partial charge on any atom is -0.485 e. The van der Waals surface area contributed by atoms with Crippen LogP contribution in [0.4, 0.5) is 4.39 Å². The molecule has 1 aliphatic heterocycles. The van der Waals surface area contributed by atoms with Crippen LogP contribution in [-0.4, -0.2) is 5.11 Å². The highest BCUT2D eigenvalue weighted by Crippen LogP contribution is 2.43. The largest absolute Gasteiger partial charge is 0.485 e. The Labute approximate surface area is 132 Å². The lowest BCUT2D eigenvalue weighted by Gasteiger charge is -2.30. The predicted octanol–water partition coefficient (Wildman–Crippen LogP) is 4.91. The smallest absolute Gasteiger partial charge is 0.128 e. The summed E-state index contributed by atoms with van der Waals surface area (Å²) in [5, 5.41) is 10.3. The van der Waals surface area contributed by atoms with Crippen LogP contribution in [0.15, 0.2) is 45.3 Å². The highest BCUT2D eigenvalue weighted by atomic mass is 79.9. The number of hydrogen-bond donors (Lipinski definition) is 1. The maximum atomic E-state index is 13.1. The van der Waals surface area contributed by atoms with E-state index in [1.807, 2.05) is 18.2 Å². The molecule has 0 amide bonds. The van der Waals surface area contributed by atoms with Gasteiger partial charge in [-0.3, -0.25) is 0 Å². The Kier molecular flexibility index (Phi) is 3.84. The second-order valence-corrected chi connectivity index (χ2v) is 6.48. The summed E-state index contributed by atoms with van der Waals surface area (Å²) >= 11 is 6.73. The lowest BCUT2D eigenvalue weighted by molar-refractivity contribution is 0.0653. The van der Waals surface area contributed by atoms with Crippen molar-refractivity contribution in [1.29, 1.82) is 0 Å². The number of aliphatic hydroxyl groups is 1. The van der Waals surface area contributed by atoms with Crippen molar-refractivity contribution in [2.75, 3.05) is 0 Å². The molecule has 2 atom stereocenters. The first-order valence-electron chi connectivity index (χ1n) is 6.13. The molecule has 1 aliphatic rings. The molecule has 1 heterocycles. The van der Waals surface area contributed by atoms with Crippen LogP contribution in [0.5, 0.6) is 5.75 Å². The summed E-state index contributed by atoms with van der Waals surface area (Å²) in [6, 6.07) is 10.0. The maximum Gasteiger partial charge on any atom is 0.128 e. The normalized spacial score (nSPS) is 21.2. The number of aliphatic hydroxyl groups excluding tert-OH is 1. The van der Waals surface area contributed by atoms with E-state index < -0.39 is 6.10 Å². The van der Waals surface area contributed by atoms with E-state index >= 15 is 0 Å². The number of benzene rings is 2. The van der Waals surface area contributed by atoms with Gasteiger partial charge in [0.1, 0.15) is 17.7 Å². The molecule has 5 heteroatoms. The summed E-state index contributed by atoms with van der Waals surface area (Å²) in [6.45, 7) is 0. The van der Waals surface area contributed by atoms with Crippen LogP contribution < -0.4 is 4.74 Å². The van der Waals surface area contributed by atoms with E-state index in [1.165, 1.54) is 12.1 Å². The first-order valence-corrected chi connectivity index (χ1v) is 7.72. The highest BCUT2D eigenvalue weighted by molar-refractivity contribution is 9.10. The molecule has 0 bridgehead atoms. The monoisotopic (exact) mass is 400 g/mol. The molecule has 104 valence electrons. The van der Waals surface area contributed by atoms with Crippen molar-refractivity contribution in [2.45, 2.75) is 18.6 Å². The molecule has 0 aromatic heterocycles. The topological polar surface area (TPSA) is 29.5 Å². The molecule has 0 radical (unpaired) electrons. The van der Waals surface area contributed by atoms with E-state index in [4.69, 9.17) is 4.74 Å². The molecule has 1 unspecified atom stereocenters. The van der Waals surface area contributed by atoms with Gasteiger partial charge in [0, 0.05) is 26.5 Å². The number of rotatable bonds is 1. The van der Waals surface area contributed by atoms with Crippen LogP contribution in [0.2, 0.25) is 0 Å². The fourth-order valence-corrected chi connectivity index (χ4v) is 3.36. The van der Waals surface area contributed by atoms with Gasteiger partial charge in [-0.05, 0) is 30.3 Å². The van der Waals surface area contributed by atoms with Gasteiger partial charge in [0.25, 0.3) is 0 Å². The molecule has 1 N–H and O–H groups in total. The van der Waals surface area contributed by atoms with E-state index in [2.05, 4.69) is 31.9 Å². The third-order valence-corrected chi connectivity index (χ3v) is 4.53. The minimum atomic E-state index is -0.599. The Balaban J connectivity index is 1.97. The Morgan fingerprint density at radius 1 is 1.10 bits per heavy atom. The van der Waals surface area contributed by atoms with Gasteiger partial charge in [-0.25, -0.2) is 4.39 Å². The van der Waals surface area contributed by atoms with Gasteiger partial charge in [-0.1, -0.05) is 37.9 Å². The zero-order valence-electron chi connectivity index (χ0n) is 10.3. The summed E-state index contributed by atoms with van der Waals surface area (Å²) in [5.74, 6) is 0.356. The molecule has 3 rings (SSSR count). The average molecular weight is 402 g/mol. The van der Waals surface area contributed by atoms with Crippen LogP contribution in [0.1, 0.15) is 29.8 Å². The van der Waals surface area contributed by atoms with E-state index in [1.54, 1.807) is 6.07 Å². The Bertz CT molecular complexity index is 660. The van der Waals surface area contributed by atoms with Crippen LogP contribution in [0.3, 0.4) is 0 Å². The summed E-state index contributed by atoms with van der Waals surface area (Å²) < 4.78 is 20.6. The Morgan fingerprint density at radius 3 is 2.65 bits per heavy atom. The van der Waals surface area contributed by atoms with E-state index in [9.17, 15) is 9.50 Å². The maximum absolute atomic E-state index is 13.1. The Hall–Kier alpha value is -0.910. The van der Waals surface area contributed by atoms with E-state index in [-0.39, 0.29) is 11.9 Å². The van der Waals surface area contributed by atoms with Crippen LogP contribution >= 0.6 is 31.9 Å². The van der Waals surface area contributed by atoms with Gasteiger partial charge in [0.2, 0.25) is 0 Å². The number of ether oxygens (including phenoxy) is 1. The molecular formula is C15H11Br2FO2. The first kappa shape index (κ1) is 14.0. The van der Waals surface area contributed by atoms with Crippen molar-refractivity contribution in [3.63, 3.8) is 0 Å². The summed E-state index contributed by atoms with van der Waals surface area (Å²) in [4.78, 5) is 0. The SMILES string of the molecule is O[C@@H]1CC(c2ccc(F)cc2Br)Oc2ccc(Br)cc21. The fourth-order valence-electron chi connectivity index (χ4n) is 2.37. The highest BCUT2D eigenvalue weighted by Gasteiger charge is 2.29. The number of fused-ring (bicyclic) bond motifs is 1. The number of halogens is 3. The summed E-state index contributed by atoms with van der Waals surface area (Å²) in [7, 11) is 0. The molecule has 0 saturated carbocycles. The van der Waals surface area contributed by atoms with Crippen molar-refractivity contribution >= 4 is 31.9 Å². The van der Waals surface area contributed by atoms with Crippen LogP contribution in [0.25, 0.3) is 0 Å². The molecule has 0 spiro atoms. The third kappa shape index (κ3) is 2.62. The second kappa shape index (κ2) is 5.47. The number of hydrogen-bond acceptors (Lipinski definition) is 2. The molecule has 2 aromatic carbocycles. The van der Waals surface area contributed by atoms with Crippen molar-refractivity contribution in [3.8, 4) is 5.75 Å². The van der Waals surface area contributed by atoms with Crippen molar-refractivity contribution in [3.05, 3.63) is 62.3 Å². The van der Waals surface area contributed by atoms with Gasteiger partial charge in [-0.15, -0.1) is 0 Å². The van der Waals surface area contributed by atoms with Gasteiger partial charge >= 0.3 is 0 Å². The zero-order chi connectivity index (χ0) is 14.3. The van der Waals surface area contributed by atoms with Gasteiger partial charge in [0.05, 0.1) is 6.10 Å². The summed E-state index contributed by atoms with van der Waals surface area (Å²) in [6.07, 6.45) is -0.458. The standard InChI is InChI=1S/C15H11Br2FO2/c16-8-1-4-14-11(5-8)13(19)7-15(20-14)10-3-2-9(18)6-12(10)17/h1-6,13,15,19H,7H2/t13-,15?/m1/s1. The molecule has 2 nitrogen and oxygen atoms in total. The molecule has 0 aliphatic carbocycles. The van der Waals surface area contributed by atoms with E-state index in [0.717, 1.165) is 15.6 Å². The predicted molar refractivity (Wildman–Crippen MR) is 81.2 cm³/mol. The van der Waals surface area contributed by atoms with Gasteiger partial charge in [-0.2, -0.15) is 0 Å². The molecule has 2 aromatic rings. The van der Waals surface area contributed by atoms with Gasteiger partial charge < -0.3 is 9.84 Å². The molecule has 0 fully saturated rings. The molecule has 0 saturated heterocycles. The first-order chi connectivity index (χ1) is 9.54. The second-order valence-electron chi connectivity index (χ2n) is 4.71. The zero-order valence-corrected chi connectivity index (χ0v) is 13.5. The Morgan fingerprint density at radius 2 is 1.90 bits per heavy atom. The van der Waals surface area contributed by atoms with E-state index in [0.29, 0.717) is 16.6 Å². The lowest BCUT2D eigenvalue weighted by atomic mass is 9.95. The fraction of sp³-hybridized carbons (Fsp3) is 0.200. The third-order valence-electron chi connectivity index (χ3n) is 3.35. The minimum absolute atomic E-state index is 0.298. The van der Waals surface area contributed by atoms with Gasteiger partial charge in [0.15, 0.2) is 0 Å². The van der Waals surface area contributed by atoms with Crippen molar-refractivity contribution in [1.82, 2.24) is 0 Å². The van der Waals surface area contributed by atoms with Crippen LogP contribution in [0, 0.1) is 5.82 Å². The summed E-state index contributed by atoms with van der Waals surface area (Å²) in [5.41, 5.74) is 1.60. The van der Waals surface area contributed by atoms with Crippen molar-refractivity contribution < 1.29 is 14.2 Å². The average Bonchev–Trinajstić information content (AvgIpc) is 2.39. The lowest BCUT2D eigenvalue weighted by Crippen LogP contribution is -2.19. The van der Waals surface area contributed by atoms with Crippen molar-refractivity contribution in [2.24, 2.45) is 0 Å². The molecular weight excluding hydrogens is 391 g/mol. The van der Waals surface area contributed by atoms with Crippen LogP contribution in [-0.2, 0) is 0 Å². The quantitative estimate of drug-likeness (QED) is 0.735. The molecule has 20 heavy (non-hydrogen) atoms.